The number of para-hydroxylation sites is 2. The van der Waals surface area contributed by atoms with Crippen LogP contribution in [0, 0.1) is 0 Å². The average Bonchev–Trinajstić information content (AvgIpc) is 2.99. The normalized spacial score (nSPS) is 11.9. The summed E-state index contributed by atoms with van der Waals surface area (Å²) >= 11 is 0. The van der Waals surface area contributed by atoms with Crippen LogP contribution in [-0.4, -0.2) is 19.6 Å². The number of nitrogens with one attached hydrogen (secondary N) is 1. The molecule has 0 spiro atoms. The first kappa shape index (κ1) is 14.1. The average molecular weight is 275 g/mol. The van der Waals surface area contributed by atoms with Crippen molar-refractivity contribution in [2.75, 3.05) is 19.0 Å². The van der Waals surface area contributed by atoms with E-state index in [9.17, 15) is 4.79 Å². The summed E-state index contributed by atoms with van der Waals surface area (Å²) < 4.78 is 10.5. The third-order valence-electron chi connectivity index (χ3n) is 3.03. The Labute approximate surface area is 117 Å². The molecule has 3 N–H and O–H groups in total. The molecule has 0 saturated carbocycles. The van der Waals surface area contributed by atoms with Crippen molar-refractivity contribution in [3.63, 3.8) is 0 Å². The molecule has 0 aliphatic rings. The van der Waals surface area contributed by atoms with E-state index in [-0.39, 0.29) is 11.9 Å². The van der Waals surface area contributed by atoms with Crippen LogP contribution in [0.1, 0.15) is 18.7 Å². The summed E-state index contributed by atoms with van der Waals surface area (Å²) in [5, 5.41) is 4.76. The Morgan fingerprint density at radius 1 is 1.35 bits per heavy atom. The number of nitrogens with two attached hydrogens (primary N) is 1. The fourth-order valence-electron chi connectivity index (χ4n) is 1.90. The van der Waals surface area contributed by atoms with Crippen molar-refractivity contribution in [2.45, 2.75) is 13.0 Å². The maximum atomic E-state index is 11.9. The van der Waals surface area contributed by atoms with Gasteiger partial charge in [-0.3, -0.25) is 4.79 Å². The maximum absolute atomic E-state index is 11.9. The molecule has 0 unspecified atom stereocenters. The minimum Gasteiger partial charge on any atom is -0.495 e. The lowest BCUT2D eigenvalue weighted by molar-refractivity contribution is -0.684. The van der Waals surface area contributed by atoms with Gasteiger partial charge in [-0.2, -0.15) is 0 Å². The van der Waals surface area contributed by atoms with Gasteiger partial charge in [0.15, 0.2) is 12.3 Å². The van der Waals surface area contributed by atoms with Gasteiger partial charge in [0.2, 0.25) is 0 Å². The topological polar surface area (TPSA) is 68.1 Å². The highest BCUT2D eigenvalue weighted by molar-refractivity contribution is 5.92. The monoisotopic (exact) mass is 275 g/mol. The molecular formula is C15H19N2O3+. The Hall–Kier alpha value is -2.27. The summed E-state index contributed by atoms with van der Waals surface area (Å²) in [4.78, 5) is 11.9. The van der Waals surface area contributed by atoms with Gasteiger partial charge in [0.25, 0.3) is 5.91 Å². The zero-order valence-corrected chi connectivity index (χ0v) is 11.6. The van der Waals surface area contributed by atoms with Gasteiger partial charge in [-0.15, -0.1) is 0 Å². The van der Waals surface area contributed by atoms with E-state index in [0.717, 1.165) is 5.76 Å². The molecule has 0 aliphatic heterocycles. The summed E-state index contributed by atoms with van der Waals surface area (Å²) in [5.41, 5.74) is 0.680. The van der Waals surface area contributed by atoms with Crippen LogP contribution < -0.4 is 15.4 Å². The van der Waals surface area contributed by atoms with E-state index in [1.165, 1.54) is 0 Å². The van der Waals surface area contributed by atoms with Crippen LogP contribution in [0.15, 0.2) is 47.1 Å². The molecule has 2 rings (SSSR count). The highest BCUT2D eigenvalue weighted by Gasteiger charge is 2.14. The minimum absolute atomic E-state index is 0.0760. The Kier molecular flexibility index (Phi) is 4.79. The van der Waals surface area contributed by atoms with Crippen LogP contribution in [-0.2, 0) is 4.79 Å². The molecule has 5 nitrogen and oxygen atoms in total. The van der Waals surface area contributed by atoms with Gasteiger partial charge in [-0.1, -0.05) is 12.1 Å². The molecule has 0 radical (unpaired) electrons. The number of methoxy groups -OCH3 is 1. The Morgan fingerprint density at radius 2 is 2.15 bits per heavy atom. The molecule has 1 aromatic carbocycles. The number of furan rings is 1. The molecule has 2 aromatic rings. The van der Waals surface area contributed by atoms with Crippen molar-refractivity contribution in [2.24, 2.45) is 0 Å². The first-order valence-corrected chi connectivity index (χ1v) is 6.50. The molecule has 106 valence electrons. The van der Waals surface area contributed by atoms with E-state index in [2.05, 4.69) is 5.32 Å². The fourth-order valence-corrected chi connectivity index (χ4v) is 1.90. The highest BCUT2D eigenvalue weighted by atomic mass is 16.5. The van der Waals surface area contributed by atoms with E-state index in [1.807, 2.05) is 48.6 Å². The molecule has 5 heteroatoms. The van der Waals surface area contributed by atoms with E-state index in [4.69, 9.17) is 9.15 Å². The number of anilines is 1. The van der Waals surface area contributed by atoms with Crippen LogP contribution in [0.4, 0.5) is 5.69 Å². The first-order valence-electron chi connectivity index (χ1n) is 6.50. The largest absolute Gasteiger partial charge is 0.495 e. The zero-order valence-electron chi connectivity index (χ0n) is 11.6. The lowest BCUT2D eigenvalue weighted by atomic mass is 10.2. The van der Waals surface area contributed by atoms with Crippen molar-refractivity contribution in [1.29, 1.82) is 0 Å². The molecule has 20 heavy (non-hydrogen) atoms. The van der Waals surface area contributed by atoms with Gasteiger partial charge in [0, 0.05) is 0 Å². The van der Waals surface area contributed by atoms with E-state index in [0.29, 0.717) is 18.0 Å². The maximum Gasteiger partial charge on any atom is 0.279 e. The summed E-state index contributed by atoms with van der Waals surface area (Å²) in [6.07, 6.45) is 1.63. The molecule has 0 saturated heterocycles. The molecule has 1 heterocycles. The van der Waals surface area contributed by atoms with Crippen molar-refractivity contribution >= 4 is 11.6 Å². The molecule has 0 fully saturated rings. The van der Waals surface area contributed by atoms with Gasteiger partial charge in [-0.05, 0) is 31.2 Å². The minimum atomic E-state index is -0.0760. The van der Waals surface area contributed by atoms with Crippen molar-refractivity contribution in [1.82, 2.24) is 0 Å². The molecule has 0 aliphatic carbocycles. The second kappa shape index (κ2) is 6.77. The predicted octanol–water partition coefficient (Wildman–Crippen LogP) is 1.55. The van der Waals surface area contributed by atoms with Gasteiger partial charge >= 0.3 is 0 Å². The second-order valence-electron chi connectivity index (χ2n) is 4.49. The SMILES string of the molecule is COc1ccccc1NC(=O)C[NH2+][C@@H](C)c1ccco1. The molecule has 1 amide bonds. The number of ether oxygens (including phenoxy) is 1. The Balaban J connectivity index is 1.86. The number of carbonyl (C=O) groups excluding carboxylic acids is 1. The molecular weight excluding hydrogens is 256 g/mol. The number of hydrogen-bond donors (Lipinski definition) is 2. The van der Waals surface area contributed by atoms with Crippen molar-refractivity contribution in [3.05, 3.63) is 48.4 Å². The molecule has 1 aromatic heterocycles. The van der Waals surface area contributed by atoms with Crippen molar-refractivity contribution in [3.8, 4) is 5.75 Å². The van der Waals surface area contributed by atoms with Crippen LogP contribution in [0.3, 0.4) is 0 Å². The van der Waals surface area contributed by atoms with E-state index >= 15 is 0 Å². The van der Waals surface area contributed by atoms with E-state index < -0.39 is 0 Å². The van der Waals surface area contributed by atoms with Crippen molar-refractivity contribution < 1.29 is 19.3 Å². The quantitative estimate of drug-likeness (QED) is 0.840. The van der Waals surface area contributed by atoms with Gasteiger partial charge in [0.1, 0.15) is 11.8 Å². The van der Waals surface area contributed by atoms with Crippen LogP contribution >= 0.6 is 0 Å². The Bertz CT molecular complexity index is 552. The van der Waals surface area contributed by atoms with Crippen LogP contribution in [0.2, 0.25) is 0 Å². The van der Waals surface area contributed by atoms with Gasteiger partial charge < -0.3 is 19.8 Å². The summed E-state index contributed by atoms with van der Waals surface area (Å²) in [5.74, 6) is 1.43. The lowest BCUT2D eigenvalue weighted by Gasteiger charge is -2.11. The van der Waals surface area contributed by atoms with Gasteiger partial charge in [-0.25, -0.2) is 0 Å². The highest BCUT2D eigenvalue weighted by Crippen LogP contribution is 2.22. The van der Waals surface area contributed by atoms with Gasteiger partial charge in [0.05, 0.1) is 19.1 Å². The Morgan fingerprint density at radius 3 is 2.85 bits per heavy atom. The smallest absolute Gasteiger partial charge is 0.279 e. The predicted molar refractivity (Wildman–Crippen MR) is 75.5 cm³/mol. The first-order chi connectivity index (χ1) is 9.70. The number of carbonyl (C=O) groups is 1. The summed E-state index contributed by atoms with van der Waals surface area (Å²) in [6.45, 7) is 2.31. The number of rotatable bonds is 6. The van der Waals surface area contributed by atoms with Crippen LogP contribution in [0.5, 0.6) is 5.75 Å². The number of amides is 1. The third-order valence-corrected chi connectivity index (χ3v) is 3.03. The number of quaternary nitrogens is 1. The summed E-state index contributed by atoms with van der Waals surface area (Å²) in [7, 11) is 1.58. The molecule has 1 atom stereocenters. The van der Waals surface area contributed by atoms with Crippen LogP contribution in [0.25, 0.3) is 0 Å². The molecule has 0 bridgehead atoms. The number of benzene rings is 1. The zero-order chi connectivity index (χ0) is 14.4. The second-order valence-corrected chi connectivity index (χ2v) is 4.49. The van der Waals surface area contributed by atoms with E-state index in [1.54, 1.807) is 13.4 Å². The summed E-state index contributed by atoms with van der Waals surface area (Å²) in [6, 6.07) is 11.2. The lowest BCUT2D eigenvalue weighted by Crippen LogP contribution is -2.86. The fraction of sp³-hybridized carbons (Fsp3) is 0.267. The number of hydrogen-bond acceptors (Lipinski definition) is 3. The third kappa shape index (κ3) is 3.61. The standard InChI is InChI=1S/C15H18N2O3/c1-11(13-8-5-9-20-13)16-10-15(18)17-12-6-3-4-7-14(12)19-2/h3-9,11,16H,10H2,1-2H3,(H,17,18)/p+1/t11-/m0/s1.